The summed E-state index contributed by atoms with van der Waals surface area (Å²) in [6.07, 6.45) is 8.00. The van der Waals surface area contributed by atoms with Crippen molar-refractivity contribution < 1.29 is 101 Å². The normalized spacial score (nSPS) is 22.6. The number of aromatic nitrogens is 1. The van der Waals surface area contributed by atoms with Crippen LogP contribution in [0, 0.1) is 24.7 Å². The molecule has 1 aromatic rings. The number of carbonyl (C=O) groups is 2. The van der Waals surface area contributed by atoms with Crippen LogP contribution in [0.4, 0.5) is 0 Å². The fourth-order valence-electron chi connectivity index (χ4n) is 6.80. The molecule has 0 saturated carbocycles. The maximum absolute atomic E-state index is 13.7. The maximum atomic E-state index is 13.7. The minimum Gasteiger partial charge on any atom is -0.874 e. The molecule has 9 nitrogen and oxygen atoms in total. The molecule has 6 rings (SSSR count). The molecule has 0 N–H and O–H groups in total. The first-order valence-electron chi connectivity index (χ1n) is 14.4. The van der Waals surface area contributed by atoms with Gasteiger partial charge < -0.3 is 29.9 Å². The fraction of sp³-hybridized carbons (Fsp3) is 0.324. The maximum Gasteiger partial charge on any atom is 2.00 e. The molecule has 4 aliphatic heterocycles. The number of allylic oxidation sites excluding steroid dienone is 7. The number of aliphatic imine (C=N–C) groups is 3. The molecule has 229 valence electrons. The first-order valence-corrected chi connectivity index (χ1v) is 14.4. The van der Waals surface area contributed by atoms with Crippen LogP contribution in [0.2, 0.25) is 0 Å². The number of fused-ring (bicyclic) bond motifs is 5. The number of nitrogens with zero attached hydrogens (tertiary/aromatic N) is 4. The monoisotopic (exact) mass is 683 g/mol. The van der Waals surface area contributed by atoms with E-state index in [0.717, 1.165) is 34.4 Å². The average Bonchev–Trinajstić information content (AvgIpc) is 3.68. The number of rotatable bonds is 6. The molecule has 1 aliphatic carbocycles. The Morgan fingerprint density at radius 1 is 1.00 bits per heavy atom. The van der Waals surface area contributed by atoms with Gasteiger partial charge in [0.05, 0.1) is 28.8 Å². The number of aliphatic carboxylic acids is 2. The van der Waals surface area contributed by atoms with Gasteiger partial charge in [0.25, 0.3) is 0 Å². The minimum absolute atomic E-state index is 0. The average molecular weight is 684 g/mol. The van der Waals surface area contributed by atoms with E-state index in [9.17, 15) is 24.9 Å². The van der Waals surface area contributed by atoms with Gasteiger partial charge in [0, 0.05) is 40.7 Å². The van der Waals surface area contributed by atoms with E-state index in [1.807, 2.05) is 45.9 Å². The molecule has 46 heavy (non-hydrogen) atoms. The van der Waals surface area contributed by atoms with Crippen LogP contribution in [0.15, 0.2) is 79.2 Å². The predicted molar refractivity (Wildman–Crippen MR) is 158 cm³/mol. The van der Waals surface area contributed by atoms with Gasteiger partial charge in [-0.05, 0) is 79.7 Å². The number of hydrogen-bond acceptors (Lipinski definition) is 8. The van der Waals surface area contributed by atoms with Gasteiger partial charge in [-0.3, -0.25) is 4.99 Å². The Bertz CT molecular complexity index is 1950. The number of carbonyl (C=O) groups excluding carboxylic acids is 2. The van der Waals surface area contributed by atoms with Crippen molar-refractivity contribution in [2.24, 2.45) is 32.7 Å². The second kappa shape index (κ2) is 14.5. The molecule has 1 radical (unpaired) electrons. The Morgan fingerprint density at radius 3 is 2.26 bits per heavy atom. The van der Waals surface area contributed by atoms with Crippen molar-refractivity contribution in [3.63, 3.8) is 0 Å². The van der Waals surface area contributed by atoms with Crippen molar-refractivity contribution in [2.75, 3.05) is 0 Å². The van der Waals surface area contributed by atoms with Crippen LogP contribution in [-0.4, -0.2) is 29.1 Å². The molecular weight excluding hydrogens is 654 g/mol. The first kappa shape index (κ1) is 38.2. The molecule has 12 heteroatoms. The van der Waals surface area contributed by atoms with E-state index >= 15 is 0 Å². The smallest absolute Gasteiger partial charge is 0.874 e. The molecule has 3 unspecified atom stereocenters. The van der Waals surface area contributed by atoms with Gasteiger partial charge in [0.1, 0.15) is 0 Å². The largest absolute Gasteiger partial charge is 2.00 e. The third-order valence-corrected chi connectivity index (χ3v) is 9.20. The molecular formula is C34H30CuN4Na2O5. The van der Waals surface area contributed by atoms with Crippen LogP contribution in [0.25, 0.3) is 17.4 Å². The second-order valence-corrected chi connectivity index (χ2v) is 11.5. The topological polar surface area (TPSA) is 154 Å². The molecule has 8 bridgehead atoms. The number of hydrogen-bond donors (Lipinski definition) is 0. The van der Waals surface area contributed by atoms with E-state index in [-0.39, 0.29) is 111 Å². The van der Waals surface area contributed by atoms with Crippen LogP contribution < -0.4 is 90.0 Å². The summed E-state index contributed by atoms with van der Waals surface area (Å²) < 4.78 is 0. The van der Waals surface area contributed by atoms with E-state index in [1.54, 1.807) is 13.0 Å². The Balaban J connectivity index is 0.00000192. The van der Waals surface area contributed by atoms with E-state index in [0.29, 0.717) is 39.8 Å². The molecule has 5 heterocycles. The summed E-state index contributed by atoms with van der Waals surface area (Å²) >= 11 is 0. The molecule has 0 spiro atoms. The standard InChI is InChI=1S/C34H34N4O5.Cu.2Na/c1-7-18-14(3)21-11-23-16(5)20(9-10-27(39)40)31(37-23)29-30(34(42)43)33(41)28-17(6)24(38-32(28)29)13-26-19(8-2)15(4)22(36-26)12-25(18)35-21;;;/h7,11-13,16,20,30H,1,8-10H2,2-6H3,(H4,35,36,37,38,39,40,41,42,43);;;/q;+2;2*+1/p-4. The van der Waals surface area contributed by atoms with E-state index < -0.39 is 29.5 Å². The van der Waals surface area contributed by atoms with Gasteiger partial charge in [0.2, 0.25) is 0 Å². The van der Waals surface area contributed by atoms with Gasteiger partial charge in [-0.2, -0.15) is 0 Å². The van der Waals surface area contributed by atoms with E-state index in [4.69, 9.17) is 20.0 Å². The zero-order valence-corrected chi connectivity index (χ0v) is 31.9. The number of carboxylic acid groups (broad SMARTS) is 2. The first-order chi connectivity index (χ1) is 20.5. The summed E-state index contributed by atoms with van der Waals surface area (Å²) in [6, 6.07) is 0. The Hall–Kier alpha value is -2.27. The predicted octanol–water partition coefficient (Wildman–Crippen LogP) is -5.55. The van der Waals surface area contributed by atoms with Crippen molar-refractivity contribution in [1.29, 1.82) is 0 Å². The quantitative estimate of drug-likeness (QED) is 0.273. The van der Waals surface area contributed by atoms with Crippen LogP contribution in [0.3, 0.4) is 0 Å². The summed E-state index contributed by atoms with van der Waals surface area (Å²) in [5, 5.41) is 38.2. The third kappa shape index (κ3) is 6.08. The van der Waals surface area contributed by atoms with Gasteiger partial charge in [-0.25, -0.2) is 9.98 Å². The third-order valence-electron chi connectivity index (χ3n) is 9.20. The summed E-state index contributed by atoms with van der Waals surface area (Å²) in [6.45, 7) is 13.7. The molecule has 3 atom stereocenters. The van der Waals surface area contributed by atoms with Crippen molar-refractivity contribution in [3.05, 3.63) is 86.0 Å². The van der Waals surface area contributed by atoms with Crippen LogP contribution >= 0.6 is 0 Å². The molecule has 5 aliphatic rings. The van der Waals surface area contributed by atoms with Gasteiger partial charge in [-0.1, -0.05) is 38.1 Å². The van der Waals surface area contributed by atoms with Crippen molar-refractivity contribution in [1.82, 2.24) is 4.98 Å². The molecule has 0 fully saturated rings. The number of carboxylic acids is 2. The van der Waals surface area contributed by atoms with Crippen LogP contribution in [0.1, 0.15) is 58.2 Å². The SMILES string of the molecule is C=CC1=C(C)C2=NC1=CC1=NC(=Cc3[n-]c4c(c3C)=C([O-])C(C(=O)[O-])C=4C3=NC(=C2)C(C)C3CCC(=O)[O-])C(CC)=C1C.[Cu+2].[Na+].[Na+]. The Labute approximate surface area is 322 Å². The van der Waals surface area contributed by atoms with Gasteiger partial charge >= 0.3 is 76.2 Å². The zero-order valence-electron chi connectivity index (χ0n) is 27.0. The summed E-state index contributed by atoms with van der Waals surface area (Å²) in [7, 11) is 0. The van der Waals surface area contributed by atoms with Crippen molar-refractivity contribution in [3.8, 4) is 0 Å². The van der Waals surface area contributed by atoms with Crippen LogP contribution in [0.5, 0.6) is 0 Å². The Kier molecular flexibility index (Phi) is 12.0. The second-order valence-electron chi connectivity index (χ2n) is 11.5. The molecule has 0 saturated heterocycles. The molecule has 1 aromatic heterocycles. The Morgan fingerprint density at radius 2 is 1.65 bits per heavy atom. The van der Waals surface area contributed by atoms with E-state index in [2.05, 4.69) is 6.58 Å². The van der Waals surface area contributed by atoms with E-state index in [1.165, 1.54) is 0 Å². The molecule has 0 amide bonds. The van der Waals surface area contributed by atoms with Crippen molar-refractivity contribution >= 4 is 46.5 Å². The summed E-state index contributed by atoms with van der Waals surface area (Å²) in [5.74, 6) is -5.76. The minimum atomic E-state index is -1.59. The fourth-order valence-corrected chi connectivity index (χ4v) is 6.80. The van der Waals surface area contributed by atoms with Crippen LogP contribution in [-0.2, 0) is 26.7 Å². The summed E-state index contributed by atoms with van der Waals surface area (Å²) in [5.41, 5.74) is 8.86. The molecule has 0 aromatic carbocycles. The zero-order chi connectivity index (χ0) is 30.9. The van der Waals surface area contributed by atoms with Gasteiger partial charge in [-0.15, -0.1) is 16.8 Å². The van der Waals surface area contributed by atoms with Crippen molar-refractivity contribution in [2.45, 2.75) is 53.9 Å². The summed E-state index contributed by atoms with van der Waals surface area (Å²) in [4.78, 5) is 43.6. The van der Waals surface area contributed by atoms with Gasteiger partial charge in [0.15, 0.2) is 0 Å².